The smallest absolute Gasteiger partial charge is 0.258 e. The van der Waals surface area contributed by atoms with Crippen LogP contribution in [0.15, 0.2) is 48.8 Å². The van der Waals surface area contributed by atoms with E-state index in [2.05, 4.69) is 15.4 Å². The maximum Gasteiger partial charge on any atom is 0.258 e. The monoisotopic (exact) mass is 321 g/mol. The predicted octanol–water partition coefficient (Wildman–Crippen LogP) is 2.75. The fourth-order valence-corrected chi connectivity index (χ4v) is 2.27. The van der Waals surface area contributed by atoms with Crippen LogP contribution in [0.1, 0.15) is 16.1 Å². The number of hydrogen-bond donors (Lipinski definition) is 1. The molecule has 0 fully saturated rings. The van der Waals surface area contributed by atoms with Crippen molar-refractivity contribution in [3.05, 3.63) is 65.9 Å². The van der Waals surface area contributed by atoms with Crippen LogP contribution in [0.4, 0.5) is 10.1 Å². The van der Waals surface area contributed by atoms with Gasteiger partial charge < -0.3 is 5.32 Å². The SMILES string of the molecule is Cn1nc(C#N)cc1-c1ccc(NC(=O)c2ccncc2F)cc1. The van der Waals surface area contributed by atoms with Gasteiger partial charge in [-0.05, 0) is 23.8 Å². The van der Waals surface area contributed by atoms with Crippen LogP contribution in [0, 0.1) is 17.1 Å². The maximum absolute atomic E-state index is 13.5. The Bertz CT molecular complexity index is 940. The first-order valence-electron chi connectivity index (χ1n) is 7.04. The zero-order valence-corrected chi connectivity index (χ0v) is 12.7. The first-order valence-corrected chi connectivity index (χ1v) is 7.04. The molecule has 0 radical (unpaired) electrons. The summed E-state index contributed by atoms with van der Waals surface area (Å²) in [7, 11) is 1.75. The molecule has 2 heterocycles. The second-order valence-electron chi connectivity index (χ2n) is 5.04. The summed E-state index contributed by atoms with van der Waals surface area (Å²) in [5.74, 6) is -1.22. The molecular weight excluding hydrogens is 309 g/mol. The first-order chi connectivity index (χ1) is 11.6. The largest absolute Gasteiger partial charge is 0.322 e. The van der Waals surface area contributed by atoms with Gasteiger partial charge in [0.2, 0.25) is 0 Å². The molecule has 2 aromatic heterocycles. The molecule has 0 bridgehead atoms. The number of aromatic nitrogens is 3. The van der Waals surface area contributed by atoms with Gasteiger partial charge in [-0.2, -0.15) is 10.4 Å². The first kappa shape index (κ1) is 15.4. The highest BCUT2D eigenvalue weighted by molar-refractivity contribution is 6.04. The van der Waals surface area contributed by atoms with Gasteiger partial charge in [-0.15, -0.1) is 0 Å². The fourth-order valence-electron chi connectivity index (χ4n) is 2.27. The van der Waals surface area contributed by atoms with Gasteiger partial charge in [0.05, 0.1) is 17.5 Å². The summed E-state index contributed by atoms with van der Waals surface area (Å²) in [6.45, 7) is 0. The number of hydrogen-bond acceptors (Lipinski definition) is 4. The molecule has 1 amide bonds. The van der Waals surface area contributed by atoms with E-state index in [1.54, 1.807) is 42.1 Å². The van der Waals surface area contributed by atoms with Crippen molar-refractivity contribution >= 4 is 11.6 Å². The number of anilines is 1. The Morgan fingerprint density at radius 2 is 2.04 bits per heavy atom. The number of halogens is 1. The van der Waals surface area contributed by atoms with Gasteiger partial charge in [-0.3, -0.25) is 14.5 Å². The Balaban J connectivity index is 1.80. The Morgan fingerprint density at radius 1 is 1.29 bits per heavy atom. The van der Waals surface area contributed by atoms with Gasteiger partial charge in [0.1, 0.15) is 6.07 Å². The Hall–Kier alpha value is -3.53. The minimum absolute atomic E-state index is 0.0700. The van der Waals surface area contributed by atoms with E-state index in [0.717, 1.165) is 17.5 Å². The molecule has 1 N–H and O–H groups in total. The standard InChI is InChI=1S/C17H12FN5O/c1-23-16(8-13(9-19)22-23)11-2-4-12(5-3-11)21-17(24)14-6-7-20-10-15(14)18/h2-8,10H,1H3,(H,21,24). The van der Waals surface area contributed by atoms with E-state index < -0.39 is 11.7 Å². The molecule has 24 heavy (non-hydrogen) atoms. The Kier molecular flexibility index (Phi) is 4.03. The highest BCUT2D eigenvalue weighted by Crippen LogP contribution is 2.22. The van der Waals surface area contributed by atoms with Crippen LogP contribution >= 0.6 is 0 Å². The summed E-state index contributed by atoms with van der Waals surface area (Å²) in [6, 6.07) is 12.0. The van der Waals surface area contributed by atoms with E-state index in [1.165, 1.54) is 12.3 Å². The molecule has 6 nitrogen and oxygen atoms in total. The highest BCUT2D eigenvalue weighted by atomic mass is 19.1. The quantitative estimate of drug-likeness (QED) is 0.804. The molecule has 0 saturated carbocycles. The van der Waals surface area contributed by atoms with Gasteiger partial charge >= 0.3 is 0 Å². The summed E-state index contributed by atoms with van der Waals surface area (Å²) < 4.78 is 15.2. The van der Waals surface area contributed by atoms with Crippen molar-refractivity contribution in [3.8, 4) is 17.3 Å². The lowest BCUT2D eigenvalue weighted by Gasteiger charge is -2.07. The van der Waals surface area contributed by atoms with Crippen molar-refractivity contribution in [1.82, 2.24) is 14.8 Å². The molecule has 0 unspecified atom stereocenters. The third kappa shape index (κ3) is 2.98. The maximum atomic E-state index is 13.5. The third-order valence-corrected chi connectivity index (χ3v) is 3.45. The van der Waals surface area contributed by atoms with Crippen molar-refractivity contribution < 1.29 is 9.18 Å². The van der Waals surface area contributed by atoms with E-state index in [4.69, 9.17) is 5.26 Å². The number of aryl methyl sites for hydroxylation is 1. The summed E-state index contributed by atoms with van der Waals surface area (Å²) >= 11 is 0. The van der Waals surface area contributed by atoms with E-state index in [0.29, 0.717) is 11.4 Å². The molecule has 1 aromatic carbocycles. The minimum atomic E-state index is -0.675. The second-order valence-corrected chi connectivity index (χ2v) is 5.04. The molecule has 0 saturated heterocycles. The molecule has 3 rings (SSSR count). The number of pyridine rings is 1. The van der Waals surface area contributed by atoms with Crippen molar-refractivity contribution in [3.63, 3.8) is 0 Å². The molecule has 3 aromatic rings. The van der Waals surface area contributed by atoms with Gasteiger partial charge in [0.15, 0.2) is 11.5 Å². The highest BCUT2D eigenvalue weighted by Gasteiger charge is 2.12. The molecule has 7 heteroatoms. The molecule has 118 valence electrons. The van der Waals surface area contributed by atoms with E-state index >= 15 is 0 Å². The number of nitrogens with one attached hydrogen (secondary N) is 1. The Morgan fingerprint density at radius 3 is 2.67 bits per heavy atom. The second kappa shape index (κ2) is 6.30. The van der Waals surface area contributed by atoms with Crippen molar-refractivity contribution in [2.45, 2.75) is 0 Å². The number of rotatable bonds is 3. The van der Waals surface area contributed by atoms with Crippen LogP contribution in [0.2, 0.25) is 0 Å². The summed E-state index contributed by atoms with van der Waals surface area (Å²) in [5, 5.41) is 15.6. The predicted molar refractivity (Wildman–Crippen MR) is 85.5 cm³/mol. The van der Waals surface area contributed by atoms with Gasteiger partial charge in [0, 0.05) is 25.0 Å². The van der Waals surface area contributed by atoms with Crippen LogP contribution in [0.5, 0.6) is 0 Å². The van der Waals surface area contributed by atoms with Crippen molar-refractivity contribution in [1.29, 1.82) is 5.26 Å². The van der Waals surface area contributed by atoms with Crippen LogP contribution < -0.4 is 5.32 Å². The van der Waals surface area contributed by atoms with Gasteiger partial charge in [-0.1, -0.05) is 12.1 Å². The lowest BCUT2D eigenvalue weighted by molar-refractivity contribution is 0.102. The molecule has 0 atom stereocenters. The molecule has 0 spiro atoms. The van der Waals surface area contributed by atoms with Crippen LogP contribution in [0.3, 0.4) is 0 Å². The van der Waals surface area contributed by atoms with E-state index in [-0.39, 0.29) is 5.56 Å². The van der Waals surface area contributed by atoms with Gasteiger partial charge in [0.25, 0.3) is 5.91 Å². The normalized spacial score (nSPS) is 10.2. The van der Waals surface area contributed by atoms with Crippen LogP contribution in [-0.4, -0.2) is 20.7 Å². The van der Waals surface area contributed by atoms with E-state index in [1.807, 2.05) is 6.07 Å². The number of carbonyl (C=O) groups excluding carboxylic acids is 1. The number of benzene rings is 1. The van der Waals surface area contributed by atoms with Gasteiger partial charge in [-0.25, -0.2) is 4.39 Å². The molecule has 0 aliphatic carbocycles. The molecule has 0 aliphatic heterocycles. The number of nitrogens with zero attached hydrogens (tertiary/aromatic N) is 4. The van der Waals surface area contributed by atoms with E-state index in [9.17, 15) is 9.18 Å². The zero-order valence-electron chi connectivity index (χ0n) is 12.7. The summed E-state index contributed by atoms with van der Waals surface area (Å²) in [4.78, 5) is 15.7. The minimum Gasteiger partial charge on any atom is -0.322 e. The third-order valence-electron chi connectivity index (χ3n) is 3.45. The lowest BCUT2D eigenvalue weighted by atomic mass is 10.1. The van der Waals surface area contributed by atoms with Crippen molar-refractivity contribution in [2.75, 3.05) is 5.32 Å². The number of nitriles is 1. The molecular formula is C17H12FN5O. The summed E-state index contributed by atoms with van der Waals surface area (Å²) in [6.07, 6.45) is 2.35. The topological polar surface area (TPSA) is 83.6 Å². The average Bonchev–Trinajstić information content (AvgIpc) is 2.97. The number of carbonyl (C=O) groups is 1. The van der Waals surface area contributed by atoms with Crippen molar-refractivity contribution in [2.24, 2.45) is 7.05 Å². The summed E-state index contributed by atoms with van der Waals surface area (Å²) in [5.41, 5.74) is 2.42. The van der Waals surface area contributed by atoms with Crippen LogP contribution in [-0.2, 0) is 7.05 Å². The molecule has 0 aliphatic rings. The van der Waals surface area contributed by atoms with Crippen LogP contribution in [0.25, 0.3) is 11.3 Å². The lowest BCUT2D eigenvalue weighted by Crippen LogP contribution is -2.13. The Labute approximate surface area is 137 Å². The fraction of sp³-hybridized carbons (Fsp3) is 0.0588. The average molecular weight is 321 g/mol. The zero-order chi connectivity index (χ0) is 17.1. The number of amides is 1.